The molecule has 2 aromatic rings. The van der Waals surface area contributed by atoms with Gasteiger partial charge >= 0.3 is 0 Å². The number of rotatable bonds is 7. The summed E-state index contributed by atoms with van der Waals surface area (Å²) in [6, 6.07) is 11.3. The lowest BCUT2D eigenvalue weighted by molar-refractivity contribution is 0.113. The Labute approximate surface area is 172 Å². The summed E-state index contributed by atoms with van der Waals surface area (Å²) in [5.41, 5.74) is 1.41. The van der Waals surface area contributed by atoms with Crippen molar-refractivity contribution in [3.63, 3.8) is 0 Å². The van der Waals surface area contributed by atoms with Crippen LogP contribution in [0.3, 0.4) is 0 Å². The molecule has 1 heterocycles. The predicted molar refractivity (Wildman–Crippen MR) is 111 cm³/mol. The van der Waals surface area contributed by atoms with Crippen LogP contribution in [0.1, 0.15) is 17.2 Å². The number of hydrogen-bond acceptors (Lipinski definition) is 5. The zero-order valence-electron chi connectivity index (χ0n) is 17.1. The third-order valence-electron chi connectivity index (χ3n) is 5.37. The Morgan fingerprint density at radius 1 is 1.10 bits per heavy atom. The first-order valence-corrected chi connectivity index (χ1v) is 11.1. The molecule has 0 spiro atoms. The summed E-state index contributed by atoms with van der Waals surface area (Å²) < 4.78 is 47.1. The molecule has 0 bridgehead atoms. The minimum atomic E-state index is -3.75. The van der Waals surface area contributed by atoms with Crippen LogP contribution < -0.4 is 9.46 Å². The molecule has 1 aliphatic heterocycles. The number of ether oxygens (including phenoxy) is 1. The number of methoxy groups -OCH3 is 1. The number of nitrogens with one attached hydrogen (secondary N) is 1. The molecular weight excluding hydrogens is 393 g/mol. The summed E-state index contributed by atoms with van der Waals surface area (Å²) in [5, 5.41) is 0. The van der Waals surface area contributed by atoms with E-state index in [0.717, 1.165) is 37.5 Å². The molecule has 1 fully saturated rings. The van der Waals surface area contributed by atoms with Crippen LogP contribution in [-0.2, 0) is 10.0 Å². The van der Waals surface area contributed by atoms with E-state index in [-0.39, 0.29) is 17.5 Å². The third-order valence-corrected chi connectivity index (χ3v) is 6.96. The quantitative estimate of drug-likeness (QED) is 0.744. The maximum absolute atomic E-state index is 13.4. The number of sulfonamides is 1. The fourth-order valence-corrected chi connectivity index (χ4v) is 4.86. The second-order valence-corrected chi connectivity index (χ2v) is 9.13. The monoisotopic (exact) mass is 421 g/mol. The van der Waals surface area contributed by atoms with Crippen molar-refractivity contribution in [2.24, 2.45) is 0 Å². The van der Waals surface area contributed by atoms with Gasteiger partial charge in [-0.3, -0.25) is 4.90 Å². The molecule has 1 atom stereocenters. The minimum absolute atomic E-state index is 0.103. The summed E-state index contributed by atoms with van der Waals surface area (Å²) >= 11 is 0. The fourth-order valence-electron chi connectivity index (χ4n) is 3.60. The Morgan fingerprint density at radius 2 is 1.76 bits per heavy atom. The largest absolute Gasteiger partial charge is 0.497 e. The van der Waals surface area contributed by atoms with Gasteiger partial charge in [-0.1, -0.05) is 12.1 Å². The molecule has 1 N–H and O–H groups in total. The van der Waals surface area contributed by atoms with E-state index in [0.29, 0.717) is 5.56 Å². The summed E-state index contributed by atoms with van der Waals surface area (Å²) in [4.78, 5) is 4.65. The van der Waals surface area contributed by atoms with Crippen LogP contribution in [0.4, 0.5) is 4.39 Å². The number of piperazine rings is 1. The van der Waals surface area contributed by atoms with Gasteiger partial charge in [0.2, 0.25) is 10.0 Å². The average molecular weight is 422 g/mol. The lowest BCUT2D eigenvalue weighted by Gasteiger charge is -2.38. The molecule has 0 unspecified atom stereocenters. The third kappa shape index (κ3) is 5.33. The number of hydrogen-bond donors (Lipinski definition) is 1. The molecule has 2 aromatic carbocycles. The van der Waals surface area contributed by atoms with Crippen molar-refractivity contribution < 1.29 is 17.5 Å². The highest BCUT2D eigenvalue weighted by atomic mass is 32.2. The summed E-state index contributed by atoms with van der Waals surface area (Å²) in [6.07, 6.45) is 0. The Balaban J connectivity index is 1.82. The Kier molecular flexibility index (Phi) is 6.89. The molecule has 0 saturated carbocycles. The van der Waals surface area contributed by atoms with Gasteiger partial charge in [-0.2, -0.15) is 0 Å². The normalized spacial score (nSPS) is 17.2. The van der Waals surface area contributed by atoms with E-state index in [4.69, 9.17) is 4.74 Å². The van der Waals surface area contributed by atoms with Crippen LogP contribution in [0.5, 0.6) is 5.75 Å². The van der Waals surface area contributed by atoms with Crippen molar-refractivity contribution in [3.05, 3.63) is 59.4 Å². The summed E-state index contributed by atoms with van der Waals surface area (Å²) in [7, 11) is -0.0512. The van der Waals surface area contributed by atoms with Gasteiger partial charge in [-0.05, 0) is 55.4 Å². The highest BCUT2D eigenvalue weighted by Crippen LogP contribution is 2.25. The van der Waals surface area contributed by atoms with E-state index < -0.39 is 15.8 Å². The van der Waals surface area contributed by atoms with E-state index in [2.05, 4.69) is 21.6 Å². The van der Waals surface area contributed by atoms with E-state index in [1.165, 1.54) is 18.2 Å². The van der Waals surface area contributed by atoms with Crippen LogP contribution in [0.15, 0.2) is 47.4 Å². The maximum Gasteiger partial charge on any atom is 0.240 e. The van der Waals surface area contributed by atoms with Gasteiger partial charge in [0.05, 0.1) is 12.0 Å². The molecule has 0 amide bonds. The number of halogens is 1. The second kappa shape index (κ2) is 9.21. The molecule has 0 radical (unpaired) electrons. The van der Waals surface area contributed by atoms with E-state index in [9.17, 15) is 12.8 Å². The highest BCUT2D eigenvalue weighted by Gasteiger charge is 2.26. The smallest absolute Gasteiger partial charge is 0.240 e. The molecule has 158 valence electrons. The van der Waals surface area contributed by atoms with Gasteiger partial charge in [0.15, 0.2) is 0 Å². The van der Waals surface area contributed by atoms with Crippen LogP contribution >= 0.6 is 0 Å². The first kappa shape index (κ1) is 21.7. The van der Waals surface area contributed by atoms with Crippen molar-refractivity contribution in [1.82, 2.24) is 14.5 Å². The highest BCUT2D eigenvalue weighted by molar-refractivity contribution is 7.89. The van der Waals surface area contributed by atoms with Crippen molar-refractivity contribution in [2.45, 2.75) is 17.9 Å². The Bertz CT molecular complexity index is 927. The van der Waals surface area contributed by atoms with Crippen molar-refractivity contribution >= 4 is 10.0 Å². The van der Waals surface area contributed by atoms with Gasteiger partial charge in [0.25, 0.3) is 0 Å². The van der Waals surface area contributed by atoms with Gasteiger partial charge in [-0.25, -0.2) is 17.5 Å². The Morgan fingerprint density at radius 3 is 2.34 bits per heavy atom. The maximum atomic E-state index is 13.4. The molecule has 0 aliphatic carbocycles. The Hall–Kier alpha value is -2.00. The van der Waals surface area contributed by atoms with Crippen molar-refractivity contribution in [2.75, 3.05) is 46.9 Å². The summed E-state index contributed by atoms with van der Waals surface area (Å²) in [5.74, 6) is 0.309. The first-order chi connectivity index (χ1) is 13.8. The molecule has 0 aromatic heterocycles. The summed E-state index contributed by atoms with van der Waals surface area (Å²) in [6.45, 7) is 5.39. The predicted octanol–water partition coefficient (Wildman–Crippen LogP) is 2.41. The molecule has 29 heavy (non-hydrogen) atoms. The minimum Gasteiger partial charge on any atom is -0.497 e. The van der Waals surface area contributed by atoms with Gasteiger partial charge in [-0.15, -0.1) is 0 Å². The fraction of sp³-hybridized carbons (Fsp3) is 0.429. The molecule has 6 nitrogen and oxygen atoms in total. The number of aryl methyl sites for hydroxylation is 1. The topological polar surface area (TPSA) is 61.9 Å². The molecule has 1 saturated heterocycles. The van der Waals surface area contributed by atoms with Gasteiger partial charge in [0, 0.05) is 38.8 Å². The van der Waals surface area contributed by atoms with Crippen LogP contribution in [0.2, 0.25) is 0 Å². The van der Waals surface area contributed by atoms with Crippen LogP contribution in [-0.4, -0.2) is 65.1 Å². The van der Waals surface area contributed by atoms with Gasteiger partial charge in [0.1, 0.15) is 11.6 Å². The first-order valence-electron chi connectivity index (χ1n) is 9.62. The average Bonchev–Trinajstić information content (AvgIpc) is 2.69. The van der Waals surface area contributed by atoms with E-state index >= 15 is 0 Å². The van der Waals surface area contributed by atoms with Crippen molar-refractivity contribution in [1.29, 1.82) is 0 Å². The molecular formula is C21H28FN3O3S. The number of likely N-dealkylation sites (N-methyl/N-ethyl adjacent to an activating group) is 1. The second-order valence-electron chi connectivity index (χ2n) is 7.39. The molecule has 3 rings (SSSR count). The SMILES string of the molecule is COc1ccc([C@@H](CNS(=O)(=O)c2ccc(F)cc2C)N2CCN(C)CC2)cc1. The van der Waals surface area contributed by atoms with Crippen molar-refractivity contribution in [3.8, 4) is 5.75 Å². The van der Waals surface area contributed by atoms with Crippen LogP contribution in [0, 0.1) is 12.7 Å². The number of nitrogens with zero attached hydrogens (tertiary/aromatic N) is 2. The standard InChI is InChI=1S/C21H28FN3O3S/c1-16-14-18(22)6-9-21(16)29(26,27)23-15-20(25-12-10-24(2)11-13-25)17-4-7-19(28-3)8-5-17/h4-9,14,20,23H,10-13,15H2,1-3H3/t20-/m1/s1. The van der Waals surface area contributed by atoms with E-state index in [1.54, 1.807) is 14.0 Å². The van der Waals surface area contributed by atoms with Gasteiger partial charge < -0.3 is 9.64 Å². The zero-order valence-corrected chi connectivity index (χ0v) is 17.9. The lowest BCUT2D eigenvalue weighted by atomic mass is 10.0. The lowest BCUT2D eigenvalue weighted by Crippen LogP contribution is -2.48. The number of benzene rings is 2. The van der Waals surface area contributed by atoms with E-state index in [1.807, 2.05) is 24.3 Å². The molecule has 1 aliphatic rings. The van der Waals surface area contributed by atoms with Crippen LogP contribution in [0.25, 0.3) is 0 Å². The zero-order chi connectivity index (χ0) is 21.0. The molecule has 8 heteroatoms.